The maximum atomic E-state index is 13.5. The third kappa shape index (κ3) is 3.61. The second-order valence-electron chi connectivity index (χ2n) is 6.96. The van der Waals surface area contributed by atoms with Crippen LogP contribution in [0.5, 0.6) is 0 Å². The molecule has 0 bridgehead atoms. The van der Waals surface area contributed by atoms with Crippen LogP contribution in [0.3, 0.4) is 0 Å². The number of rotatable bonds is 3. The van der Waals surface area contributed by atoms with E-state index in [9.17, 15) is 18.0 Å². The summed E-state index contributed by atoms with van der Waals surface area (Å²) in [5.74, 6) is -0.275. The van der Waals surface area contributed by atoms with Crippen LogP contribution in [0.2, 0.25) is 0 Å². The van der Waals surface area contributed by atoms with E-state index < -0.39 is 17.8 Å². The van der Waals surface area contributed by atoms with Crippen molar-refractivity contribution in [1.82, 2.24) is 19.9 Å². The van der Waals surface area contributed by atoms with Crippen molar-refractivity contribution in [3.63, 3.8) is 0 Å². The van der Waals surface area contributed by atoms with E-state index in [1.54, 1.807) is 6.07 Å². The lowest BCUT2D eigenvalue weighted by Crippen LogP contribution is -2.34. The average molecular weight is 392 g/mol. The smallest absolute Gasteiger partial charge is 0.433 e. The Labute approximate surface area is 158 Å². The highest BCUT2D eigenvalue weighted by atomic mass is 19.4. The van der Waals surface area contributed by atoms with Crippen LogP contribution >= 0.6 is 0 Å². The first-order valence-corrected chi connectivity index (χ1v) is 9.24. The van der Waals surface area contributed by atoms with Gasteiger partial charge in [0, 0.05) is 6.04 Å². The van der Waals surface area contributed by atoms with Crippen molar-refractivity contribution >= 4 is 11.6 Å². The van der Waals surface area contributed by atoms with Crippen molar-refractivity contribution in [2.45, 2.75) is 50.7 Å². The summed E-state index contributed by atoms with van der Waals surface area (Å²) in [5, 5.41) is 6.71. The standard InChI is InChI=1S/C19H19F3N4O2/c20-19(21,22)16-10-14(15-8-5-9-28-15)25-17-13(11-23-26(16)17)18(27)24-12-6-3-1-2-4-7-12/h5,8-12H,1-4,6-7H2,(H,24,27). The molecule has 1 saturated carbocycles. The molecule has 1 amide bonds. The van der Waals surface area contributed by atoms with Gasteiger partial charge in [-0.2, -0.15) is 18.3 Å². The Morgan fingerprint density at radius 1 is 1.21 bits per heavy atom. The third-order valence-electron chi connectivity index (χ3n) is 4.97. The van der Waals surface area contributed by atoms with Crippen LogP contribution < -0.4 is 5.32 Å². The summed E-state index contributed by atoms with van der Waals surface area (Å²) in [6, 6.07) is 3.96. The van der Waals surface area contributed by atoms with Gasteiger partial charge in [0.1, 0.15) is 11.3 Å². The van der Waals surface area contributed by atoms with E-state index in [1.807, 2.05) is 0 Å². The molecule has 3 heterocycles. The number of nitrogens with zero attached hydrogens (tertiary/aromatic N) is 3. The summed E-state index contributed by atoms with van der Waals surface area (Å²) >= 11 is 0. The molecule has 0 radical (unpaired) electrons. The second kappa shape index (κ2) is 7.29. The average Bonchev–Trinajstić information content (AvgIpc) is 3.26. The van der Waals surface area contributed by atoms with Crippen LogP contribution in [0.4, 0.5) is 13.2 Å². The van der Waals surface area contributed by atoms with E-state index in [0.717, 1.165) is 50.8 Å². The van der Waals surface area contributed by atoms with Gasteiger partial charge in [0.25, 0.3) is 5.91 Å². The minimum absolute atomic E-state index is 0.00570. The van der Waals surface area contributed by atoms with Crippen LogP contribution in [0.1, 0.15) is 54.6 Å². The van der Waals surface area contributed by atoms with E-state index in [4.69, 9.17) is 4.42 Å². The summed E-state index contributed by atoms with van der Waals surface area (Å²) in [6.07, 6.45) is 3.87. The Balaban J connectivity index is 1.75. The predicted octanol–water partition coefficient (Wildman–Crippen LogP) is 4.46. The quantitative estimate of drug-likeness (QED) is 0.668. The Morgan fingerprint density at radius 2 is 1.96 bits per heavy atom. The Morgan fingerprint density at radius 3 is 2.61 bits per heavy atom. The molecule has 0 aromatic carbocycles. The van der Waals surface area contributed by atoms with E-state index in [2.05, 4.69) is 15.4 Å². The molecule has 9 heteroatoms. The molecule has 0 saturated heterocycles. The summed E-state index contributed by atoms with van der Waals surface area (Å²) in [5.41, 5.74) is -1.15. The van der Waals surface area contributed by atoms with Gasteiger partial charge in [0.2, 0.25) is 0 Å². The highest BCUT2D eigenvalue weighted by Crippen LogP contribution is 2.33. The number of halogens is 3. The highest BCUT2D eigenvalue weighted by Gasteiger charge is 2.36. The van der Waals surface area contributed by atoms with Gasteiger partial charge in [-0.1, -0.05) is 25.7 Å². The van der Waals surface area contributed by atoms with Crippen molar-refractivity contribution in [2.75, 3.05) is 0 Å². The minimum atomic E-state index is -4.66. The van der Waals surface area contributed by atoms with Crippen molar-refractivity contribution in [1.29, 1.82) is 0 Å². The number of carbonyl (C=O) groups is 1. The van der Waals surface area contributed by atoms with Gasteiger partial charge in [-0.3, -0.25) is 4.79 Å². The zero-order chi connectivity index (χ0) is 19.7. The van der Waals surface area contributed by atoms with Crippen LogP contribution in [0.25, 0.3) is 17.1 Å². The van der Waals surface area contributed by atoms with Crippen LogP contribution in [-0.4, -0.2) is 26.5 Å². The molecule has 0 atom stereocenters. The highest BCUT2D eigenvalue weighted by molar-refractivity contribution is 6.00. The first kappa shape index (κ1) is 18.5. The van der Waals surface area contributed by atoms with Crippen LogP contribution in [0.15, 0.2) is 35.1 Å². The molecule has 0 aliphatic heterocycles. The number of furan rings is 1. The lowest BCUT2D eigenvalue weighted by Gasteiger charge is -2.15. The molecular formula is C19H19F3N4O2. The number of hydrogen-bond acceptors (Lipinski definition) is 4. The molecule has 148 valence electrons. The van der Waals surface area contributed by atoms with Crippen molar-refractivity contribution in [2.24, 2.45) is 0 Å². The van der Waals surface area contributed by atoms with Gasteiger partial charge < -0.3 is 9.73 Å². The van der Waals surface area contributed by atoms with E-state index in [1.165, 1.54) is 12.3 Å². The van der Waals surface area contributed by atoms with Crippen molar-refractivity contribution in [3.8, 4) is 11.5 Å². The van der Waals surface area contributed by atoms with Crippen molar-refractivity contribution < 1.29 is 22.4 Å². The number of aromatic nitrogens is 3. The molecule has 3 aromatic heterocycles. The van der Waals surface area contributed by atoms with Gasteiger partial charge in [-0.25, -0.2) is 9.50 Å². The van der Waals surface area contributed by atoms with Crippen LogP contribution in [-0.2, 0) is 6.18 Å². The van der Waals surface area contributed by atoms with Gasteiger partial charge in [0.05, 0.1) is 12.5 Å². The number of amides is 1. The molecule has 1 fully saturated rings. The molecule has 1 aliphatic rings. The number of carbonyl (C=O) groups excluding carboxylic acids is 1. The zero-order valence-electron chi connectivity index (χ0n) is 15.0. The Bertz CT molecular complexity index is 971. The lowest BCUT2D eigenvalue weighted by molar-refractivity contribution is -0.142. The summed E-state index contributed by atoms with van der Waals surface area (Å²) in [7, 11) is 0. The van der Waals surface area contributed by atoms with Crippen molar-refractivity contribution in [3.05, 3.63) is 41.9 Å². The van der Waals surface area contributed by atoms with E-state index in [-0.39, 0.29) is 28.7 Å². The largest absolute Gasteiger partial charge is 0.463 e. The first-order chi connectivity index (χ1) is 13.4. The van der Waals surface area contributed by atoms with Gasteiger partial charge in [-0.15, -0.1) is 0 Å². The SMILES string of the molecule is O=C(NC1CCCCCC1)c1cnn2c(C(F)(F)F)cc(-c3ccco3)nc12. The fraction of sp³-hybridized carbons (Fsp3) is 0.421. The van der Waals surface area contributed by atoms with Gasteiger partial charge in [-0.05, 0) is 31.0 Å². The number of hydrogen-bond donors (Lipinski definition) is 1. The van der Waals surface area contributed by atoms with E-state index >= 15 is 0 Å². The molecule has 3 aromatic rings. The fourth-order valence-electron chi connectivity index (χ4n) is 3.56. The third-order valence-corrected chi connectivity index (χ3v) is 4.97. The maximum absolute atomic E-state index is 13.5. The zero-order valence-corrected chi connectivity index (χ0v) is 15.0. The number of fused-ring (bicyclic) bond motifs is 1. The summed E-state index contributed by atoms with van der Waals surface area (Å²) in [4.78, 5) is 17.0. The normalized spacial score (nSPS) is 16.2. The molecule has 1 aliphatic carbocycles. The molecule has 0 unspecified atom stereocenters. The molecule has 1 N–H and O–H groups in total. The number of nitrogens with one attached hydrogen (secondary N) is 1. The lowest BCUT2D eigenvalue weighted by atomic mass is 10.1. The molecule has 4 rings (SSSR count). The fourth-order valence-corrected chi connectivity index (χ4v) is 3.56. The van der Waals surface area contributed by atoms with Gasteiger partial charge in [0.15, 0.2) is 17.1 Å². The Kier molecular flexibility index (Phi) is 4.82. The predicted molar refractivity (Wildman–Crippen MR) is 94.6 cm³/mol. The Hall–Kier alpha value is -2.84. The molecule has 0 spiro atoms. The second-order valence-corrected chi connectivity index (χ2v) is 6.96. The molecule has 6 nitrogen and oxygen atoms in total. The summed E-state index contributed by atoms with van der Waals surface area (Å²) < 4.78 is 46.5. The minimum Gasteiger partial charge on any atom is -0.463 e. The van der Waals surface area contributed by atoms with E-state index in [0.29, 0.717) is 4.52 Å². The van der Waals surface area contributed by atoms with Gasteiger partial charge >= 0.3 is 6.18 Å². The summed E-state index contributed by atoms with van der Waals surface area (Å²) in [6.45, 7) is 0. The molecular weight excluding hydrogens is 373 g/mol. The molecule has 28 heavy (non-hydrogen) atoms. The monoisotopic (exact) mass is 392 g/mol. The topological polar surface area (TPSA) is 72.4 Å². The number of alkyl halides is 3. The maximum Gasteiger partial charge on any atom is 0.433 e. The van der Waals surface area contributed by atoms with Crippen LogP contribution in [0, 0.1) is 0 Å². The first-order valence-electron chi connectivity index (χ1n) is 9.24.